The van der Waals surface area contributed by atoms with Crippen molar-refractivity contribution in [2.45, 2.75) is 13.8 Å². The van der Waals surface area contributed by atoms with E-state index in [9.17, 15) is 9.59 Å². The lowest BCUT2D eigenvalue weighted by molar-refractivity contribution is -0.140. The fourth-order valence-electron chi connectivity index (χ4n) is 2.59. The normalized spacial score (nSPS) is 19.8. The second-order valence-electron chi connectivity index (χ2n) is 5.51. The summed E-state index contributed by atoms with van der Waals surface area (Å²) in [5.74, 6) is -0.112. The van der Waals surface area contributed by atoms with Gasteiger partial charge in [0.25, 0.3) is 5.91 Å². The zero-order chi connectivity index (χ0) is 18.1. The van der Waals surface area contributed by atoms with Crippen molar-refractivity contribution >= 4 is 45.9 Å². The first-order chi connectivity index (χ1) is 11.9. The molecule has 1 amide bonds. The summed E-state index contributed by atoms with van der Waals surface area (Å²) in [6.45, 7) is 4.32. The number of nitrogens with zero attached hydrogens (tertiary/aromatic N) is 2. The van der Waals surface area contributed by atoms with Gasteiger partial charge < -0.3 is 14.7 Å². The Bertz CT molecular complexity index is 832. The molecule has 130 valence electrons. The van der Waals surface area contributed by atoms with Gasteiger partial charge in [-0.1, -0.05) is 30.0 Å². The number of rotatable bonds is 4. The molecule has 0 spiro atoms. The lowest BCUT2D eigenvalue weighted by Gasteiger charge is -2.15. The Hall–Kier alpha value is -2.32. The Balaban J connectivity index is 1.85. The van der Waals surface area contributed by atoms with Gasteiger partial charge in [-0.3, -0.25) is 14.5 Å². The Morgan fingerprint density at radius 1 is 1.36 bits per heavy atom. The van der Waals surface area contributed by atoms with Crippen LogP contribution in [0.2, 0.25) is 0 Å². The number of thioether (sulfide) groups is 1. The second-order valence-corrected chi connectivity index (χ2v) is 7.18. The van der Waals surface area contributed by atoms with Crippen molar-refractivity contribution < 1.29 is 19.4 Å². The van der Waals surface area contributed by atoms with E-state index in [2.05, 4.69) is 0 Å². The molecular formula is C17H16N2O4S2. The predicted octanol–water partition coefficient (Wildman–Crippen LogP) is 2.88. The van der Waals surface area contributed by atoms with E-state index in [1.54, 1.807) is 12.2 Å². The molecule has 0 aromatic heterocycles. The van der Waals surface area contributed by atoms with Crippen LogP contribution in [0.3, 0.4) is 0 Å². The number of aryl methyl sites for hydroxylation is 1. The molecule has 2 heterocycles. The second kappa shape index (κ2) is 6.89. The Kier molecular flexibility index (Phi) is 4.82. The molecule has 0 radical (unpaired) electrons. The van der Waals surface area contributed by atoms with Crippen molar-refractivity contribution in [3.63, 3.8) is 0 Å². The van der Waals surface area contributed by atoms with Crippen molar-refractivity contribution in [3.05, 3.63) is 46.7 Å². The van der Waals surface area contributed by atoms with Gasteiger partial charge >= 0.3 is 5.97 Å². The molecule has 0 atom stereocenters. The molecule has 0 aliphatic carbocycles. The third-order valence-corrected chi connectivity index (χ3v) is 5.14. The summed E-state index contributed by atoms with van der Waals surface area (Å²) in [7, 11) is 0. The summed E-state index contributed by atoms with van der Waals surface area (Å²) in [6.07, 6.45) is 3.34. The number of fused-ring (bicyclic) bond motifs is 1. The number of aliphatic carboxylic acids is 1. The zero-order valence-corrected chi connectivity index (χ0v) is 15.3. The number of carboxylic acids is 1. The van der Waals surface area contributed by atoms with E-state index in [-0.39, 0.29) is 4.32 Å². The van der Waals surface area contributed by atoms with Crippen LogP contribution in [0.25, 0.3) is 0 Å². The highest BCUT2D eigenvalue weighted by Crippen LogP contribution is 2.39. The maximum absolute atomic E-state index is 12.3. The Morgan fingerprint density at radius 2 is 2.12 bits per heavy atom. The monoisotopic (exact) mass is 376 g/mol. The number of carboxylic acid groups (broad SMARTS) is 1. The molecule has 1 saturated heterocycles. The molecule has 1 aromatic carbocycles. The highest BCUT2D eigenvalue weighted by Gasteiger charge is 2.33. The van der Waals surface area contributed by atoms with E-state index >= 15 is 0 Å². The number of hydrogen-bond donors (Lipinski definition) is 1. The third kappa shape index (κ3) is 3.40. The number of carbonyl (C=O) groups is 2. The smallest absolute Gasteiger partial charge is 0.323 e. The zero-order valence-electron chi connectivity index (χ0n) is 13.7. The topological polar surface area (TPSA) is 70.1 Å². The first kappa shape index (κ1) is 17.5. The van der Waals surface area contributed by atoms with Crippen molar-refractivity contribution in [2.75, 3.05) is 18.0 Å². The quantitative estimate of drug-likeness (QED) is 0.640. The Morgan fingerprint density at radius 3 is 2.80 bits per heavy atom. The van der Waals surface area contributed by atoms with Crippen molar-refractivity contribution in [1.29, 1.82) is 0 Å². The summed E-state index contributed by atoms with van der Waals surface area (Å²) >= 11 is 6.17. The van der Waals surface area contributed by atoms with Gasteiger partial charge in [0.05, 0.1) is 10.6 Å². The number of amides is 1. The van der Waals surface area contributed by atoms with Crippen LogP contribution >= 0.6 is 24.0 Å². The maximum Gasteiger partial charge on any atom is 0.323 e. The molecule has 2 aliphatic rings. The number of thiocarbonyl (C=S) groups is 1. The minimum Gasteiger partial charge on any atom is -0.480 e. The van der Waals surface area contributed by atoms with E-state index in [1.807, 2.05) is 36.9 Å². The molecule has 2 aliphatic heterocycles. The highest BCUT2D eigenvalue weighted by atomic mass is 32.2. The molecule has 1 aromatic rings. The number of carbonyl (C=O) groups excluding carboxylic acids is 1. The number of benzene rings is 1. The van der Waals surface area contributed by atoms with E-state index in [0.717, 1.165) is 40.2 Å². The average Bonchev–Trinajstić information content (AvgIpc) is 3.03. The fourth-order valence-corrected chi connectivity index (χ4v) is 3.79. The highest BCUT2D eigenvalue weighted by molar-refractivity contribution is 8.26. The summed E-state index contributed by atoms with van der Waals surface area (Å²) in [6, 6.07) is 5.94. The summed E-state index contributed by atoms with van der Waals surface area (Å²) in [4.78, 5) is 26.6. The third-order valence-electron chi connectivity index (χ3n) is 3.75. The van der Waals surface area contributed by atoms with E-state index in [4.69, 9.17) is 22.1 Å². The van der Waals surface area contributed by atoms with E-state index < -0.39 is 18.4 Å². The van der Waals surface area contributed by atoms with Gasteiger partial charge in [-0.25, -0.2) is 0 Å². The molecule has 0 saturated carbocycles. The number of ether oxygens (including phenoxy) is 1. The SMILES string of the molecule is CCN1/C(=C/C=C2/SC(=S)N(CC(=O)O)C2=O)Oc2ccc(C)cc21. The molecule has 3 rings (SSSR count). The van der Waals surface area contributed by atoms with Crippen LogP contribution in [-0.2, 0) is 9.59 Å². The molecular weight excluding hydrogens is 360 g/mol. The van der Waals surface area contributed by atoms with Gasteiger partial charge in [0, 0.05) is 12.6 Å². The lowest BCUT2D eigenvalue weighted by atomic mass is 10.2. The first-order valence-corrected chi connectivity index (χ1v) is 8.86. The van der Waals surface area contributed by atoms with Crippen LogP contribution < -0.4 is 9.64 Å². The van der Waals surface area contributed by atoms with Gasteiger partial charge in [-0.15, -0.1) is 0 Å². The molecule has 6 nitrogen and oxygen atoms in total. The van der Waals surface area contributed by atoms with Crippen LogP contribution in [-0.4, -0.2) is 39.3 Å². The van der Waals surface area contributed by atoms with Gasteiger partial charge in [-0.2, -0.15) is 0 Å². The van der Waals surface area contributed by atoms with Crippen molar-refractivity contribution in [2.24, 2.45) is 0 Å². The van der Waals surface area contributed by atoms with Crippen LogP contribution in [0.1, 0.15) is 12.5 Å². The molecule has 1 fully saturated rings. The summed E-state index contributed by atoms with van der Waals surface area (Å²) in [5.41, 5.74) is 2.12. The predicted molar refractivity (Wildman–Crippen MR) is 101 cm³/mol. The van der Waals surface area contributed by atoms with Gasteiger partial charge in [0.1, 0.15) is 10.9 Å². The summed E-state index contributed by atoms with van der Waals surface area (Å²) in [5, 5.41) is 8.87. The number of hydrogen-bond acceptors (Lipinski definition) is 6. The Labute approximate surface area is 154 Å². The largest absolute Gasteiger partial charge is 0.480 e. The van der Waals surface area contributed by atoms with E-state index in [1.165, 1.54) is 0 Å². The van der Waals surface area contributed by atoms with Crippen LogP contribution in [0, 0.1) is 6.92 Å². The maximum atomic E-state index is 12.3. The van der Waals surface area contributed by atoms with Gasteiger partial charge in [0.2, 0.25) is 5.88 Å². The summed E-state index contributed by atoms with van der Waals surface area (Å²) < 4.78 is 6.11. The van der Waals surface area contributed by atoms with Crippen LogP contribution in [0.5, 0.6) is 5.75 Å². The minimum atomic E-state index is -1.10. The van der Waals surface area contributed by atoms with Crippen LogP contribution in [0.4, 0.5) is 5.69 Å². The average molecular weight is 376 g/mol. The molecule has 0 unspecified atom stereocenters. The standard InChI is InChI=1S/C17H16N2O4S2/c1-3-18-11-8-10(2)4-5-12(11)23-14(18)7-6-13-16(22)19(9-15(20)21)17(24)25-13/h4-8H,3,9H2,1-2H3,(H,20,21)/b13-6+,14-7-. The van der Waals surface area contributed by atoms with Gasteiger partial charge in [0.15, 0.2) is 5.75 Å². The number of anilines is 1. The molecule has 25 heavy (non-hydrogen) atoms. The van der Waals surface area contributed by atoms with Crippen molar-refractivity contribution in [3.8, 4) is 5.75 Å². The fraction of sp³-hybridized carbons (Fsp3) is 0.235. The molecule has 8 heteroatoms. The molecule has 1 N–H and O–H groups in total. The molecule has 0 bridgehead atoms. The minimum absolute atomic E-state index is 0.246. The number of allylic oxidation sites excluding steroid dienone is 2. The lowest BCUT2D eigenvalue weighted by Crippen LogP contribution is -2.33. The van der Waals surface area contributed by atoms with E-state index in [0.29, 0.717) is 10.8 Å². The first-order valence-electron chi connectivity index (χ1n) is 7.64. The van der Waals surface area contributed by atoms with Crippen molar-refractivity contribution in [1.82, 2.24) is 4.90 Å². The van der Waals surface area contributed by atoms with Crippen LogP contribution in [0.15, 0.2) is 41.1 Å². The van der Waals surface area contributed by atoms with Gasteiger partial charge in [-0.05, 0) is 37.6 Å².